The molecule has 0 radical (unpaired) electrons. The van der Waals surface area contributed by atoms with E-state index in [0.717, 1.165) is 38.4 Å². The van der Waals surface area contributed by atoms with Crippen LogP contribution in [0.1, 0.15) is 54.4 Å². The average Bonchev–Trinajstić information content (AvgIpc) is 2.43. The molecule has 0 spiro atoms. The third-order valence-electron chi connectivity index (χ3n) is 3.90. The van der Waals surface area contributed by atoms with Gasteiger partial charge in [0.1, 0.15) is 0 Å². The molecule has 6 heteroatoms. The normalized spacial score (nSPS) is 15.0. The number of halogens is 1. The second-order valence-electron chi connectivity index (χ2n) is 7.70. The van der Waals surface area contributed by atoms with E-state index in [1.165, 1.54) is 0 Å². The summed E-state index contributed by atoms with van der Waals surface area (Å²) in [5, 5.41) is 15.9. The van der Waals surface area contributed by atoms with Gasteiger partial charge in [-0.1, -0.05) is 34.6 Å². The van der Waals surface area contributed by atoms with Crippen molar-refractivity contribution in [3.8, 4) is 0 Å². The SMILES string of the molecule is CCNC(=NCC(CCO)CC(C)C)NCC(OC)C(C)(C)C.I. The first kappa shape index (κ1) is 26.2. The number of ether oxygens (including phenoxy) is 1. The van der Waals surface area contributed by atoms with Crippen molar-refractivity contribution < 1.29 is 9.84 Å². The van der Waals surface area contributed by atoms with Crippen LogP contribution in [0.15, 0.2) is 4.99 Å². The van der Waals surface area contributed by atoms with Crippen LogP contribution in [-0.4, -0.2) is 50.5 Å². The highest BCUT2D eigenvalue weighted by atomic mass is 127. The van der Waals surface area contributed by atoms with E-state index >= 15 is 0 Å². The molecule has 0 bridgehead atoms. The van der Waals surface area contributed by atoms with Gasteiger partial charge in [-0.3, -0.25) is 4.99 Å². The summed E-state index contributed by atoms with van der Waals surface area (Å²) in [5.74, 6) is 1.87. The smallest absolute Gasteiger partial charge is 0.191 e. The van der Waals surface area contributed by atoms with Gasteiger partial charge in [0.15, 0.2) is 5.96 Å². The lowest BCUT2D eigenvalue weighted by Gasteiger charge is -2.30. The van der Waals surface area contributed by atoms with Gasteiger partial charge in [-0.15, -0.1) is 24.0 Å². The van der Waals surface area contributed by atoms with Gasteiger partial charge in [0, 0.05) is 33.4 Å². The quantitative estimate of drug-likeness (QED) is 0.268. The molecular formula is C18H40IN3O2. The Kier molecular flexibility index (Phi) is 15.4. The molecule has 3 N–H and O–H groups in total. The number of aliphatic hydroxyl groups excluding tert-OH is 1. The van der Waals surface area contributed by atoms with E-state index in [9.17, 15) is 5.11 Å². The monoisotopic (exact) mass is 457 g/mol. The second kappa shape index (κ2) is 14.1. The van der Waals surface area contributed by atoms with Gasteiger partial charge >= 0.3 is 0 Å². The molecule has 0 saturated heterocycles. The van der Waals surface area contributed by atoms with Gasteiger partial charge in [-0.05, 0) is 37.0 Å². The Labute approximate surface area is 166 Å². The standard InChI is InChI=1S/C18H39N3O2.HI/c1-8-19-17(21-13-16(23-7)18(4,5)6)20-12-15(9-10-22)11-14(2)3;/h14-16,22H,8-13H2,1-7H3,(H2,19,20,21);1H. The van der Waals surface area contributed by atoms with Crippen molar-refractivity contribution in [1.82, 2.24) is 10.6 Å². The number of hydrogen-bond donors (Lipinski definition) is 3. The Morgan fingerprint density at radius 1 is 1.21 bits per heavy atom. The molecule has 0 aliphatic rings. The summed E-state index contributed by atoms with van der Waals surface area (Å²) in [6.07, 6.45) is 2.02. The van der Waals surface area contributed by atoms with Crippen LogP contribution < -0.4 is 10.6 Å². The largest absolute Gasteiger partial charge is 0.396 e. The van der Waals surface area contributed by atoms with Crippen LogP contribution in [0.3, 0.4) is 0 Å². The molecule has 0 saturated carbocycles. The van der Waals surface area contributed by atoms with Gasteiger partial charge in [-0.25, -0.2) is 0 Å². The molecule has 0 aromatic rings. The highest BCUT2D eigenvalue weighted by Gasteiger charge is 2.24. The second-order valence-corrected chi connectivity index (χ2v) is 7.70. The van der Waals surface area contributed by atoms with Crippen molar-refractivity contribution in [1.29, 1.82) is 0 Å². The van der Waals surface area contributed by atoms with Gasteiger partial charge in [0.25, 0.3) is 0 Å². The molecule has 0 aromatic heterocycles. The molecule has 0 fully saturated rings. The van der Waals surface area contributed by atoms with Crippen molar-refractivity contribution in [2.24, 2.45) is 22.2 Å². The minimum atomic E-state index is 0. The first-order valence-corrected chi connectivity index (χ1v) is 8.90. The van der Waals surface area contributed by atoms with E-state index in [-0.39, 0.29) is 42.1 Å². The first-order chi connectivity index (χ1) is 10.7. The molecule has 24 heavy (non-hydrogen) atoms. The fourth-order valence-corrected chi connectivity index (χ4v) is 2.63. The highest BCUT2D eigenvalue weighted by Crippen LogP contribution is 2.21. The van der Waals surface area contributed by atoms with E-state index < -0.39 is 0 Å². The summed E-state index contributed by atoms with van der Waals surface area (Å²) >= 11 is 0. The highest BCUT2D eigenvalue weighted by molar-refractivity contribution is 14.0. The number of rotatable bonds is 10. The average molecular weight is 457 g/mol. The van der Waals surface area contributed by atoms with Crippen molar-refractivity contribution in [2.45, 2.75) is 60.5 Å². The molecule has 0 amide bonds. The van der Waals surface area contributed by atoms with E-state index in [2.05, 4.69) is 52.2 Å². The summed E-state index contributed by atoms with van der Waals surface area (Å²) in [5.41, 5.74) is 0.0795. The van der Waals surface area contributed by atoms with Crippen molar-refractivity contribution in [3.63, 3.8) is 0 Å². The van der Waals surface area contributed by atoms with Crippen LogP contribution in [0.4, 0.5) is 0 Å². The fourth-order valence-electron chi connectivity index (χ4n) is 2.63. The van der Waals surface area contributed by atoms with Gasteiger partial charge in [0.2, 0.25) is 0 Å². The number of methoxy groups -OCH3 is 1. The summed E-state index contributed by atoms with van der Waals surface area (Å²) in [6, 6.07) is 0. The molecule has 2 unspecified atom stereocenters. The van der Waals surface area contributed by atoms with Gasteiger partial charge < -0.3 is 20.5 Å². The molecular weight excluding hydrogens is 417 g/mol. The number of aliphatic imine (C=N–C) groups is 1. The molecule has 0 aliphatic carbocycles. The zero-order chi connectivity index (χ0) is 17.9. The molecule has 146 valence electrons. The van der Waals surface area contributed by atoms with E-state index in [1.54, 1.807) is 7.11 Å². The van der Waals surface area contributed by atoms with Crippen molar-refractivity contribution >= 4 is 29.9 Å². The van der Waals surface area contributed by atoms with E-state index in [0.29, 0.717) is 11.8 Å². The maximum absolute atomic E-state index is 9.22. The third kappa shape index (κ3) is 12.3. The van der Waals surface area contributed by atoms with Crippen LogP contribution in [0.5, 0.6) is 0 Å². The molecule has 2 atom stereocenters. The lowest BCUT2D eigenvalue weighted by Crippen LogP contribution is -2.45. The van der Waals surface area contributed by atoms with Crippen molar-refractivity contribution in [3.05, 3.63) is 0 Å². The van der Waals surface area contributed by atoms with E-state index in [1.807, 2.05) is 0 Å². The fraction of sp³-hybridized carbons (Fsp3) is 0.944. The Bertz CT molecular complexity index is 331. The summed E-state index contributed by atoms with van der Waals surface area (Å²) in [4.78, 5) is 4.70. The summed E-state index contributed by atoms with van der Waals surface area (Å²) < 4.78 is 5.58. The Hall–Kier alpha value is -0.0800. The number of nitrogens with one attached hydrogen (secondary N) is 2. The molecule has 0 heterocycles. The molecule has 0 aromatic carbocycles. The minimum absolute atomic E-state index is 0. The third-order valence-corrected chi connectivity index (χ3v) is 3.90. The first-order valence-electron chi connectivity index (χ1n) is 8.90. The predicted octanol–water partition coefficient (Wildman–Crippen LogP) is 3.27. The number of hydrogen-bond acceptors (Lipinski definition) is 3. The zero-order valence-corrected chi connectivity index (χ0v) is 19.0. The molecule has 0 aliphatic heterocycles. The Morgan fingerprint density at radius 2 is 1.83 bits per heavy atom. The van der Waals surface area contributed by atoms with Crippen LogP contribution in [0.2, 0.25) is 0 Å². The van der Waals surface area contributed by atoms with Crippen LogP contribution in [0, 0.1) is 17.3 Å². The van der Waals surface area contributed by atoms with Crippen molar-refractivity contribution in [2.75, 3.05) is 33.4 Å². The van der Waals surface area contributed by atoms with Crippen LogP contribution in [-0.2, 0) is 4.74 Å². The maximum Gasteiger partial charge on any atom is 0.191 e. The van der Waals surface area contributed by atoms with Gasteiger partial charge in [0.05, 0.1) is 6.10 Å². The number of nitrogens with zero attached hydrogens (tertiary/aromatic N) is 1. The Balaban J connectivity index is 0. The minimum Gasteiger partial charge on any atom is -0.396 e. The van der Waals surface area contributed by atoms with Crippen LogP contribution in [0.25, 0.3) is 0 Å². The summed E-state index contributed by atoms with van der Waals surface area (Å²) in [7, 11) is 1.75. The summed E-state index contributed by atoms with van der Waals surface area (Å²) in [6.45, 7) is 15.5. The zero-order valence-electron chi connectivity index (χ0n) is 16.7. The van der Waals surface area contributed by atoms with Gasteiger partial charge in [-0.2, -0.15) is 0 Å². The maximum atomic E-state index is 9.22. The lowest BCUT2D eigenvalue weighted by atomic mass is 9.89. The number of guanidine groups is 1. The molecule has 0 rings (SSSR count). The predicted molar refractivity (Wildman–Crippen MR) is 114 cm³/mol. The Morgan fingerprint density at radius 3 is 2.25 bits per heavy atom. The van der Waals surface area contributed by atoms with Crippen LogP contribution >= 0.6 is 24.0 Å². The topological polar surface area (TPSA) is 65.9 Å². The molecule has 5 nitrogen and oxygen atoms in total. The van der Waals surface area contributed by atoms with E-state index in [4.69, 9.17) is 9.73 Å². The number of aliphatic hydroxyl groups is 1. The lowest BCUT2D eigenvalue weighted by molar-refractivity contribution is 0.0205.